The first-order chi connectivity index (χ1) is 37.4. The van der Waals surface area contributed by atoms with Gasteiger partial charge in [-0.2, -0.15) is 53.6 Å². The Balaban J connectivity index is 1.22. The SMILES string of the molecule is Nc1c(N=Nc2cc(N=c3nc(Nc4ccc(C(=O)O)cc4)nc(Cl)[nH]3)ccc2S(=O)(=O)O)c(S(=O)(=O)O)cc2cc(S(=O)(=O)O)c(N=Nc3cc(N=c4nc(Nc5ccc(C(=O)O)cc5)nc(Cl)[nH]4)ccc3S(=O)(=O)O)c(O)c12. The molecule has 80 heavy (non-hydrogen) atoms. The Morgan fingerprint density at radius 1 is 0.512 bits per heavy atom. The normalized spacial score (nSPS) is 12.9. The largest absolute Gasteiger partial charge is 0.505 e. The van der Waals surface area contributed by atoms with Crippen LogP contribution >= 0.6 is 23.2 Å². The van der Waals surface area contributed by atoms with E-state index in [9.17, 15) is 76.8 Å². The molecule has 2 heterocycles. The zero-order chi connectivity index (χ0) is 58.2. The van der Waals surface area contributed by atoms with E-state index in [0.29, 0.717) is 23.5 Å². The number of anilines is 5. The van der Waals surface area contributed by atoms with Crippen molar-refractivity contribution in [3.05, 3.63) is 130 Å². The van der Waals surface area contributed by atoms with E-state index in [1.807, 2.05) is 0 Å². The second kappa shape index (κ2) is 21.9. The van der Waals surface area contributed by atoms with Gasteiger partial charge < -0.3 is 31.7 Å². The summed E-state index contributed by atoms with van der Waals surface area (Å²) in [5.41, 5.74) is 1.00. The molecule has 0 atom stereocenters. The molecular weight excluding hydrogens is 1190 g/mol. The van der Waals surface area contributed by atoms with Crippen LogP contribution < -0.4 is 27.6 Å². The van der Waals surface area contributed by atoms with Gasteiger partial charge in [-0.1, -0.05) is 0 Å². The van der Waals surface area contributed by atoms with E-state index in [2.05, 4.69) is 71.0 Å². The van der Waals surface area contributed by atoms with E-state index in [-0.39, 0.29) is 56.2 Å². The standard InChI is InChI=1S/C42H29Cl2N15O17S4/c43-37-50-39(46-20-5-1-17(2-6-20)35(61)62)54-41(52-37)48-22-9-11-26(77(65,66)67)24(15-22)56-58-32-28(79(71,72)73)13-19-14-29(80(74,75)76)33(34(60)30(19)31(32)45)59-57-25-16-23(10-12-27(25)78(68,69)70)49-42-53-38(44)51-40(55-42)47-21-7-3-18(4-8-21)36(63)64/h1-16,60H,45H2,(H,61,62)(H,63,64)(H,65,66,67)(H,68,69,70)(H,71,72,73)(H,74,75,76)(H2,46,48,50,52,54)(H2,47,49,51,53,55). The van der Waals surface area contributed by atoms with E-state index in [1.54, 1.807) is 0 Å². The Morgan fingerprint density at radius 3 is 1.26 bits per heavy atom. The Kier molecular flexibility index (Phi) is 15.6. The average molecular weight is 1210 g/mol. The number of azo groups is 2. The van der Waals surface area contributed by atoms with E-state index >= 15 is 0 Å². The van der Waals surface area contributed by atoms with Gasteiger partial charge >= 0.3 is 11.9 Å². The molecular formula is C42H29Cl2N15O17S4. The molecule has 8 rings (SSSR count). The van der Waals surface area contributed by atoms with Crippen molar-refractivity contribution in [2.75, 3.05) is 16.4 Å². The van der Waals surface area contributed by atoms with Crippen molar-refractivity contribution < 1.29 is 76.8 Å². The molecule has 2 aromatic heterocycles. The topological polar surface area (TPSA) is 520 Å². The minimum Gasteiger partial charge on any atom is -0.505 e. The smallest absolute Gasteiger partial charge is 0.335 e. The predicted molar refractivity (Wildman–Crippen MR) is 277 cm³/mol. The van der Waals surface area contributed by atoms with Crippen LogP contribution in [0.2, 0.25) is 10.6 Å². The Labute approximate surface area is 455 Å². The molecule has 38 heteroatoms. The number of phenolic OH excluding ortho intramolecular Hbond substituents is 1. The van der Waals surface area contributed by atoms with Crippen molar-refractivity contribution in [3.8, 4) is 5.75 Å². The monoisotopic (exact) mass is 1210 g/mol. The maximum absolute atomic E-state index is 12.9. The van der Waals surface area contributed by atoms with Crippen molar-refractivity contribution in [1.29, 1.82) is 0 Å². The van der Waals surface area contributed by atoms with Crippen molar-refractivity contribution >= 4 is 149 Å². The maximum atomic E-state index is 12.9. The van der Waals surface area contributed by atoms with Crippen LogP contribution in [0.15, 0.2) is 147 Å². The number of carbonyl (C=O) groups is 2. The van der Waals surface area contributed by atoms with Gasteiger partial charge in [0.25, 0.3) is 40.5 Å². The van der Waals surface area contributed by atoms with Gasteiger partial charge in [0.05, 0.1) is 33.6 Å². The summed E-state index contributed by atoms with van der Waals surface area (Å²) in [6.45, 7) is 0. The van der Waals surface area contributed by atoms with Crippen molar-refractivity contribution in [2.24, 2.45) is 30.4 Å². The molecule has 6 aromatic carbocycles. The zero-order valence-corrected chi connectivity index (χ0v) is 43.7. The molecule has 0 radical (unpaired) electrons. The van der Waals surface area contributed by atoms with Gasteiger partial charge in [0.15, 0.2) is 5.75 Å². The van der Waals surface area contributed by atoms with Crippen LogP contribution in [-0.4, -0.2) is 109 Å². The van der Waals surface area contributed by atoms with Gasteiger partial charge in [-0.15, -0.1) is 20.5 Å². The molecule has 0 unspecified atom stereocenters. The number of carboxylic acid groups (broad SMARTS) is 2. The number of hydrogen-bond donors (Lipinski definition) is 12. The molecule has 0 amide bonds. The molecule has 0 fully saturated rings. The van der Waals surface area contributed by atoms with Crippen LogP contribution in [0.5, 0.6) is 5.75 Å². The number of nitrogens with zero attached hydrogens (tertiary/aromatic N) is 10. The molecule has 0 spiro atoms. The highest BCUT2D eigenvalue weighted by Gasteiger charge is 2.29. The van der Waals surface area contributed by atoms with Gasteiger partial charge in [-0.25, -0.2) is 19.6 Å². The molecule has 0 aliphatic carbocycles. The molecule has 8 aromatic rings. The highest BCUT2D eigenvalue weighted by molar-refractivity contribution is 7.86. The lowest BCUT2D eigenvalue weighted by Gasteiger charge is -2.14. The van der Waals surface area contributed by atoms with Crippen molar-refractivity contribution in [3.63, 3.8) is 0 Å². The predicted octanol–water partition coefficient (Wildman–Crippen LogP) is 6.84. The second-order valence-electron chi connectivity index (χ2n) is 15.7. The number of halogens is 2. The number of nitrogens with two attached hydrogens (primary N) is 1. The quantitative estimate of drug-likeness (QED) is 0.0268. The third kappa shape index (κ3) is 13.2. The number of aromatic hydroxyl groups is 1. The number of nitrogens with one attached hydrogen (secondary N) is 4. The number of aromatic amines is 2. The number of carboxylic acids is 2. The summed E-state index contributed by atoms with van der Waals surface area (Å²) >= 11 is 12.3. The first kappa shape index (κ1) is 56.9. The Bertz CT molecular complexity index is 4320. The van der Waals surface area contributed by atoms with Gasteiger partial charge in [0, 0.05) is 11.4 Å². The number of nitrogen functional groups attached to an aromatic ring is 1. The Morgan fingerprint density at radius 2 is 0.887 bits per heavy atom. The summed E-state index contributed by atoms with van der Waals surface area (Å²) in [6, 6.07) is 17.1. The average Bonchev–Trinajstić information content (AvgIpc) is 3.40. The molecule has 0 aliphatic rings. The molecule has 0 bridgehead atoms. The number of phenols is 1. The molecule has 0 saturated carbocycles. The van der Waals surface area contributed by atoms with Crippen LogP contribution in [0.25, 0.3) is 10.8 Å². The summed E-state index contributed by atoms with van der Waals surface area (Å²) in [5.74, 6) is -4.07. The van der Waals surface area contributed by atoms with Gasteiger partial charge in [-0.3, -0.25) is 28.2 Å². The lowest BCUT2D eigenvalue weighted by molar-refractivity contribution is 0.0686. The number of fused-ring (bicyclic) bond motifs is 1. The van der Waals surface area contributed by atoms with Crippen LogP contribution in [-0.2, 0) is 40.5 Å². The van der Waals surface area contributed by atoms with E-state index < -0.39 is 117 Å². The molecule has 13 N–H and O–H groups in total. The van der Waals surface area contributed by atoms with Crippen LogP contribution in [0, 0.1) is 0 Å². The third-order valence-corrected chi connectivity index (χ3v) is 14.2. The third-order valence-electron chi connectivity index (χ3n) is 10.3. The fourth-order valence-electron chi connectivity index (χ4n) is 6.90. The number of rotatable bonds is 16. The lowest BCUT2D eigenvalue weighted by atomic mass is 10.1. The van der Waals surface area contributed by atoms with Crippen LogP contribution in [0.1, 0.15) is 20.7 Å². The fraction of sp³-hybridized carbons (Fsp3) is 0. The van der Waals surface area contributed by atoms with Crippen LogP contribution in [0.4, 0.5) is 63.1 Å². The number of aromatic nitrogens is 6. The zero-order valence-electron chi connectivity index (χ0n) is 38.9. The van der Waals surface area contributed by atoms with E-state index in [1.165, 1.54) is 48.5 Å². The summed E-state index contributed by atoms with van der Waals surface area (Å²) in [7, 11) is -21.5. The summed E-state index contributed by atoms with van der Waals surface area (Å²) in [6.07, 6.45) is 0. The Hall–Kier alpha value is -9.24. The van der Waals surface area contributed by atoms with Gasteiger partial charge in [0.1, 0.15) is 42.3 Å². The molecule has 0 aliphatic heterocycles. The summed E-state index contributed by atoms with van der Waals surface area (Å²) in [5, 5.41) is 48.5. The van der Waals surface area contributed by atoms with E-state index in [0.717, 1.165) is 36.4 Å². The number of H-pyrrole nitrogens is 2. The van der Waals surface area contributed by atoms with Crippen molar-refractivity contribution in [1.82, 2.24) is 29.9 Å². The summed E-state index contributed by atoms with van der Waals surface area (Å²) in [4.78, 5) is 47.6. The van der Waals surface area contributed by atoms with E-state index in [4.69, 9.17) is 28.9 Å². The first-order valence-electron chi connectivity index (χ1n) is 21.1. The van der Waals surface area contributed by atoms with Crippen LogP contribution in [0.3, 0.4) is 0 Å². The minimum absolute atomic E-state index is 0.0240. The summed E-state index contributed by atoms with van der Waals surface area (Å²) < 4.78 is 142. The first-order valence-corrected chi connectivity index (χ1v) is 27.6. The molecule has 32 nitrogen and oxygen atoms in total. The van der Waals surface area contributed by atoms with Gasteiger partial charge in [-0.05, 0) is 126 Å². The van der Waals surface area contributed by atoms with Crippen molar-refractivity contribution in [2.45, 2.75) is 19.6 Å². The fourth-order valence-corrected chi connectivity index (χ4v) is 9.77. The number of benzene rings is 6. The molecule has 412 valence electrons. The van der Waals surface area contributed by atoms with Gasteiger partial charge in [0.2, 0.25) is 33.7 Å². The minimum atomic E-state index is -5.55. The maximum Gasteiger partial charge on any atom is 0.335 e. The highest BCUT2D eigenvalue weighted by Crippen LogP contribution is 2.49. The molecule has 0 saturated heterocycles. The number of hydrogen-bond acceptors (Lipinski definition) is 24. The number of aromatic carboxylic acids is 2. The lowest BCUT2D eigenvalue weighted by Crippen LogP contribution is -2.16. The highest BCUT2D eigenvalue weighted by atomic mass is 35.5. The second-order valence-corrected chi connectivity index (χ2v) is 22.0.